The Morgan fingerprint density at radius 2 is 2.00 bits per heavy atom. The number of thioether (sulfide) groups is 1. The van der Waals surface area contributed by atoms with Crippen LogP contribution in [0.3, 0.4) is 0 Å². The lowest BCUT2D eigenvalue weighted by atomic mass is 10.2. The van der Waals surface area contributed by atoms with Crippen LogP contribution in [-0.2, 0) is 0 Å². The SMILES string of the molecule is CC#CCSc1nnc(-c2ccc(OC)c(OC)c2)o1. The molecule has 0 N–H and O–H groups in total. The van der Waals surface area contributed by atoms with Gasteiger partial charge in [0.1, 0.15) is 0 Å². The average Bonchev–Trinajstić information content (AvgIpc) is 2.95. The highest BCUT2D eigenvalue weighted by molar-refractivity contribution is 7.99. The van der Waals surface area contributed by atoms with E-state index in [-0.39, 0.29) is 0 Å². The van der Waals surface area contributed by atoms with E-state index in [0.717, 1.165) is 5.56 Å². The fourth-order valence-corrected chi connectivity index (χ4v) is 2.10. The molecule has 0 fully saturated rings. The highest BCUT2D eigenvalue weighted by atomic mass is 32.2. The Morgan fingerprint density at radius 1 is 1.20 bits per heavy atom. The summed E-state index contributed by atoms with van der Waals surface area (Å²) in [5.74, 6) is 8.09. The second-order valence-electron chi connectivity index (χ2n) is 3.66. The Balaban J connectivity index is 2.20. The normalized spacial score (nSPS) is 9.75. The summed E-state index contributed by atoms with van der Waals surface area (Å²) in [5.41, 5.74) is 0.781. The van der Waals surface area contributed by atoms with Crippen LogP contribution in [0.25, 0.3) is 11.5 Å². The molecule has 0 saturated heterocycles. The summed E-state index contributed by atoms with van der Waals surface area (Å²) >= 11 is 1.41. The first-order chi connectivity index (χ1) is 9.78. The molecule has 1 aromatic heterocycles. The Hall–Kier alpha value is -2.13. The van der Waals surface area contributed by atoms with Crippen molar-refractivity contribution in [3.63, 3.8) is 0 Å². The van der Waals surface area contributed by atoms with Gasteiger partial charge in [-0.1, -0.05) is 17.7 Å². The van der Waals surface area contributed by atoms with Gasteiger partial charge in [-0.3, -0.25) is 0 Å². The molecule has 2 aromatic rings. The van der Waals surface area contributed by atoms with E-state index < -0.39 is 0 Å². The number of hydrogen-bond acceptors (Lipinski definition) is 6. The molecule has 0 aliphatic heterocycles. The zero-order chi connectivity index (χ0) is 14.4. The van der Waals surface area contributed by atoms with Gasteiger partial charge in [-0.15, -0.1) is 16.1 Å². The van der Waals surface area contributed by atoms with Crippen molar-refractivity contribution in [1.82, 2.24) is 10.2 Å². The van der Waals surface area contributed by atoms with Gasteiger partial charge >= 0.3 is 0 Å². The monoisotopic (exact) mass is 290 g/mol. The van der Waals surface area contributed by atoms with Crippen molar-refractivity contribution in [2.24, 2.45) is 0 Å². The minimum Gasteiger partial charge on any atom is -0.493 e. The predicted octanol–water partition coefficient (Wildman–Crippen LogP) is 2.87. The lowest BCUT2D eigenvalue weighted by Crippen LogP contribution is -1.90. The summed E-state index contributed by atoms with van der Waals surface area (Å²) in [6.07, 6.45) is 0. The Kier molecular flexibility index (Phi) is 4.91. The third-order valence-corrected chi connectivity index (χ3v) is 3.18. The number of nitrogens with zero attached hydrogens (tertiary/aromatic N) is 2. The van der Waals surface area contributed by atoms with Gasteiger partial charge in [0.05, 0.1) is 20.0 Å². The molecule has 0 amide bonds. The van der Waals surface area contributed by atoms with E-state index in [4.69, 9.17) is 13.9 Å². The molecule has 0 unspecified atom stereocenters. The molecule has 0 atom stereocenters. The standard InChI is InChI=1S/C14H14N2O3S/c1-4-5-8-20-14-16-15-13(19-14)10-6-7-11(17-2)12(9-10)18-3/h6-7,9H,8H2,1-3H3. The number of rotatable bonds is 5. The van der Waals surface area contributed by atoms with Crippen molar-refractivity contribution in [3.05, 3.63) is 18.2 Å². The van der Waals surface area contributed by atoms with E-state index in [1.54, 1.807) is 33.3 Å². The third-order valence-electron chi connectivity index (χ3n) is 2.48. The first-order valence-electron chi connectivity index (χ1n) is 5.86. The van der Waals surface area contributed by atoms with Gasteiger partial charge in [0.25, 0.3) is 5.22 Å². The molecular formula is C14H14N2O3S. The highest BCUT2D eigenvalue weighted by Crippen LogP contribution is 2.32. The molecule has 0 aliphatic carbocycles. The molecule has 0 bridgehead atoms. The Labute approximate surface area is 121 Å². The summed E-state index contributed by atoms with van der Waals surface area (Å²) in [4.78, 5) is 0. The van der Waals surface area contributed by atoms with Gasteiger partial charge in [0.15, 0.2) is 11.5 Å². The van der Waals surface area contributed by atoms with Crippen LogP contribution in [0.5, 0.6) is 11.5 Å². The van der Waals surface area contributed by atoms with Crippen LogP contribution in [-0.4, -0.2) is 30.2 Å². The first-order valence-corrected chi connectivity index (χ1v) is 6.85. The fraction of sp³-hybridized carbons (Fsp3) is 0.286. The van der Waals surface area contributed by atoms with Gasteiger partial charge in [-0.25, -0.2) is 0 Å². The van der Waals surface area contributed by atoms with Crippen molar-refractivity contribution in [1.29, 1.82) is 0 Å². The van der Waals surface area contributed by atoms with Gasteiger partial charge in [-0.05, 0) is 25.1 Å². The first kappa shape index (κ1) is 14.3. The van der Waals surface area contributed by atoms with Gasteiger partial charge in [-0.2, -0.15) is 0 Å². The largest absolute Gasteiger partial charge is 0.493 e. The number of methoxy groups -OCH3 is 2. The van der Waals surface area contributed by atoms with E-state index in [0.29, 0.717) is 28.4 Å². The van der Waals surface area contributed by atoms with Crippen molar-refractivity contribution in [2.75, 3.05) is 20.0 Å². The van der Waals surface area contributed by atoms with E-state index in [1.165, 1.54) is 11.8 Å². The Morgan fingerprint density at radius 3 is 2.70 bits per heavy atom. The molecule has 5 nitrogen and oxygen atoms in total. The van der Waals surface area contributed by atoms with E-state index in [2.05, 4.69) is 22.0 Å². The Bertz CT molecular complexity index is 643. The molecule has 0 spiro atoms. The maximum absolute atomic E-state index is 5.57. The summed E-state index contributed by atoms with van der Waals surface area (Å²) in [6, 6.07) is 5.44. The zero-order valence-electron chi connectivity index (χ0n) is 11.5. The molecule has 0 radical (unpaired) electrons. The molecule has 2 rings (SSSR count). The highest BCUT2D eigenvalue weighted by Gasteiger charge is 2.12. The summed E-state index contributed by atoms with van der Waals surface area (Å²) in [5, 5.41) is 8.48. The summed E-state index contributed by atoms with van der Waals surface area (Å²) in [7, 11) is 3.17. The number of benzene rings is 1. The van der Waals surface area contributed by atoms with Crippen LogP contribution in [0.4, 0.5) is 0 Å². The van der Waals surface area contributed by atoms with Crippen molar-refractivity contribution in [3.8, 4) is 34.8 Å². The molecular weight excluding hydrogens is 276 g/mol. The average molecular weight is 290 g/mol. The van der Waals surface area contributed by atoms with Crippen LogP contribution < -0.4 is 9.47 Å². The lowest BCUT2D eigenvalue weighted by molar-refractivity contribution is 0.355. The van der Waals surface area contributed by atoms with E-state index in [1.807, 2.05) is 6.07 Å². The van der Waals surface area contributed by atoms with Crippen molar-refractivity contribution >= 4 is 11.8 Å². The van der Waals surface area contributed by atoms with Gasteiger partial charge < -0.3 is 13.9 Å². The molecule has 1 aromatic carbocycles. The lowest BCUT2D eigenvalue weighted by Gasteiger charge is -2.07. The molecule has 6 heteroatoms. The fourth-order valence-electron chi connectivity index (χ4n) is 1.52. The second kappa shape index (κ2) is 6.87. The second-order valence-corrected chi connectivity index (χ2v) is 4.58. The molecule has 104 valence electrons. The van der Waals surface area contributed by atoms with Crippen molar-refractivity contribution in [2.45, 2.75) is 12.1 Å². The zero-order valence-corrected chi connectivity index (χ0v) is 12.3. The molecule has 0 saturated carbocycles. The summed E-state index contributed by atoms with van der Waals surface area (Å²) < 4.78 is 16.0. The van der Waals surface area contributed by atoms with Gasteiger partial charge in [0.2, 0.25) is 5.89 Å². The third kappa shape index (κ3) is 3.25. The quantitative estimate of drug-likeness (QED) is 0.623. The number of hydrogen-bond donors (Lipinski definition) is 0. The molecule has 1 heterocycles. The molecule has 0 aliphatic rings. The molecule has 20 heavy (non-hydrogen) atoms. The smallest absolute Gasteiger partial charge is 0.277 e. The topological polar surface area (TPSA) is 57.4 Å². The number of aromatic nitrogens is 2. The van der Waals surface area contributed by atoms with Gasteiger partial charge in [0, 0.05) is 5.56 Å². The minimum absolute atomic E-state index is 0.443. The maximum atomic E-state index is 5.57. The predicted molar refractivity (Wildman–Crippen MR) is 77.0 cm³/mol. The van der Waals surface area contributed by atoms with Crippen LogP contribution in [0.15, 0.2) is 27.8 Å². The summed E-state index contributed by atoms with van der Waals surface area (Å²) in [6.45, 7) is 1.80. The van der Waals surface area contributed by atoms with E-state index >= 15 is 0 Å². The minimum atomic E-state index is 0.443. The van der Waals surface area contributed by atoms with Crippen LogP contribution >= 0.6 is 11.8 Å². The van der Waals surface area contributed by atoms with Crippen LogP contribution in [0.1, 0.15) is 6.92 Å². The van der Waals surface area contributed by atoms with E-state index in [9.17, 15) is 0 Å². The number of ether oxygens (including phenoxy) is 2. The van der Waals surface area contributed by atoms with Crippen LogP contribution in [0, 0.1) is 11.8 Å². The maximum Gasteiger partial charge on any atom is 0.277 e. The van der Waals surface area contributed by atoms with Crippen molar-refractivity contribution < 1.29 is 13.9 Å². The van der Waals surface area contributed by atoms with Crippen LogP contribution in [0.2, 0.25) is 0 Å².